The Morgan fingerprint density at radius 2 is 2.00 bits per heavy atom. The van der Waals surface area contributed by atoms with E-state index in [9.17, 15) is 5.11 Å². The zero-order valence-corrected chi connectivity index (χ0v) is 11.0. The van der Waals surface area contributed by atoms with Crippen molar-refractivity contribution in [3.63, 3.8) is 0 Å². The number of hydrogen-bond acceptors (Lipinski definition) is 1. The molecule has 2 saturated carbocycles. The molecule has 0 aromatic rings. The third-order valence-corrected chi connectivity index (χ3v) is 6.13. The highest BCUT2D eigenvalue weighted by molar-refractivity contribution is 5.32. The van der Waals surface area contributed by atoms with Gasteiger partial charge in [-0.2, -0.15) is 0 Å². The lowest BCUT2D eigenvalue weighted by Gasteiger charge is -2.46. The molecule has 2 fully saturated rings. The molecule has 3 rings (SSSR count). The fourth-order valence-corrected chi connectivity index (χ4v) is 5.05. The molecule has 16 heavy (non-hydrogen) atoms. The predicted molar refractivity (Wildman–Crippen MR) is 66.0 cm³/mol. The summed E-state index contributed by atoms with van der Waals surface area (Å²) in [5.74, 6) is 2.44. The van der Waals surface area contributed by atoms with Crippen LogP contribution in [-0.2, 0) is 0 Å². The van der Waals surface area contributed by atoms with Crippen molar-refractivity contribution in [1.82, 2.24) is 0 Å². The third kappa shape index (κ3) is 1.11. The smallest absolute Gasteiger partial charge is 0.0726 e. The molecule has 0 radical (unpaired) electrons. The van der Waals surface area contributed by atoms with Crippen molar-refractivity contribution in [3.05, 3.63) is 11.6 Å². The average Bonchev–Trinajstić information content (AvgIpc) is 2.73. The highest BCUT2D eigenvalue weighted by Gasteiger charge is 2.68. The fourth-order valence-electron chi connectivity index (χ4n) is 5.05. The number of aliphatic hydroxyl groups is 1. The van der Waals surface area contributed by atoms with Gasteiger partial charge >= 0.3 is 0 Å². The first-order chi connectivity index (χ1) is 7.38. The van der Waals surface area contributed by atoms with Gasteiger partial charge in [-0.05, 0) is 47.8 Å². The van der Waals surface area contributed by atoms with Gasteiger partial charge in [-0.3, -0.25) is 0 Å². The molecule has 0 bridgehead atoms. The van der Waals surface area contributed by atoms with Crippen molar-refractivity contribution in [2.45, 2.75) is 53.1 Å². The molecule has 0 spiro atoms. The maximum atomic E-state index is 9.89. The molecule has 1 heteroatoms. The third-order valence-electron chi connectivity index (χ3n) is 6.13. The summed E-state index contributed by atoms with van der Waals surface area (Å²) in [6.45, 7) is 9.68. The first-order valence-electron chi connectivity index (χ1n) is 6.77. The molecular formula is C15H24O. The van der Waals surface area contributed by atoms with Crippen molar-refractivity contribution < 1.29 is 5.11 Å². The Labute approximate surface area is 98.9 Å². The van der Waals surface area contributed by atoms with Crippen molar-refractivity contribution in [2.24, 2.45) is 28.6 Å². The Balaban J connectivity index is 2.03. The summed E-state index contributed by atoms with van der Waals surface area (Å²) >= 11 is 0. The summed E-state index contributed by atoms with van der Waals surface area (Å²) in [7, 11) is 0. The van der Waals surface area contributed by atoms with Gasteiger partial charge in [0.05, 0.1) is 6.10 Å². The Hall–Kier alpha value is -0.300. The normalized spacial score (nSPS) is 53.7. The van der Waals surface area contributed by atoms with Crippen LogP contribution < -0.4 is 0 Å². The quantitative estimate of drug-likeness (QED) is 0.620. The Morgan fingerprint density at radius 3 is 2.69 bits per heavy atom. The Bertz CT molecular complexity index is 354. The number of allylic oxidation sites excluding steroid dienone is 1. The molecule has 5 unspecified atom stereocenters. The van der Waals surface area contributed by atoms with Crippen LogP contribution in [0.15, 0.2) is 11.6 Å². The van der Waals surface area contributed by atoms with Crippen molar-refractivity contribution in [2.75, 3.05) is 0 Å². The lowest BCUT2D eigenvalue weighted by molar-refractivity contribution is 0.0843. The van der Waals surface area contributed by atoms with Crippen LogP contribution in [0.3, 0.4) is 0 Å². The van der Waals surface area contributed by atoms with Crippen molar-refractivity contribution in [1.29, 1.82) is 0 Å². The number of aliphatic hydroxyl groups excluding tert-OH is 1. The van der Waals surface area contributed by atoms with E-state index < -0.39 is 0 Å². The summed E-state index contributed by atoms with van der Waals surface area (Å²) in [6.07, 6.45) is 5.52. The Morgan fingerprint density at radius 1 is 1.31 bits per heavy atom. The zero-order chi connectivity index (χ0) is 11.7. The van der Waals surface area contributed by atoms with Crippen LogP contribution in [0.4, 0.5) is 0 Å². The van der Waals surface area contributed by atoms with Crippen LogP contribution >= 0.6 is 0 Å². The predicted octanol–water partition coefficient (Wildman–Crippen LogP) is 3.39. The second-order valence-electron chi connectivity index (χ2n) is 7.12. The second kappa shape index (κ2) is 2.93. The lowest BCUT2D eigenvalue weighted by Crippen LogP contribution is -2.39. The molecule has 5 atom stereocenters. The van der Waals surface area contributed by atoms with Crippen LogP contribution in [0.5, 0.6) is 0 Å². The van der Waals surface area contributed by atoms with E-state index in [4.69, 9.17) is 0 Å². The molecule has 90 valence electrons. The summed E-state index contributed by atoms with van der Waals surface area (Å²) in [5.41, 5.74) is 2.48. The molecule has 0 aromatic heterocycles. The minimum absolute atomic E-state index is 0.184. The molecule has 3 aliphatic rings. The van der Waals surface area contributed by atoms with Gasteiger partial charge in [0, 0.05) is 0 Å². The van der Waals surface area contributed by atoms with Crippen LogP contribution in [0.1, 0.15) is 47.0 Å². The first kappa shape index (κ1) is 10.8. The first-order valence-corrected chi connectivity index (χ1v) is 6.77. The van der Waals surface area contributed by atoms with Crippen molar-refractivity contribution in [3.8, 4) is 0 Å². The monoisotopic (exact) mass is 220 g/mol. The van der Waals surface area contributed by atoms with E-state index in [1.54, 1.807) is 5.57 Å². The molecule has 0 amide bonds. The van der Waals surface area contributed by atoms with E-state index in [-0.39, 0.29) is 6.10 Å². The number of rotatable bonds is 0. The topological polar surface area (TPSA) is 20.2 Å². The van der Waals surface area contributed by atoms with E-state index in [2.05, 4.69) is 33.8 Å². The molecule has 0 saturated heterocycles. The SMILES string of the molecule is CC1CC(O)C=C2CCC3C(C3(C)C)C21C. The van der Waals surface area contributed by atoms with E-state index in [0.717, 1.165) is 18.3 Å². The zero-order valence-electron chi connectivity index (χ0n) is 11.0. The Kier molecular flexibility index (Phi) is 1.98. The minimum Gasteiger partial charge on any atom is -0.389 e. The highest BCUT2D eigenvalue weighted by Crippen LogP contribution is 2.74. The molecule has 0 heterocycles. The maximum Gasteiger partial charge on any atom is 0.0726 e. The van der Waals surface area contributed by atoms with Gasteiger partial charge in [0.25, 0.3) is 0 Å². The van der Waals surface area contributed by atoms with Crippen LogP contribution in [0.25, 0.3) is 0 Å². The van der Waals surface area contributed by atoms with Gasteiger partial charge in [-0.1, -0.05) is 39.3 Å². The van der Waals surface area contributed by atoms with E-state index >= 15 is 0 Å². The highest BCUT2D eigenvalue weighted by atomic mass is 16.3. The molecular weight excluding hydrogens is 196 g/mol. The second-order valence-corrected chi connectivity index (χ2v) is 7.12. The maximum absolute atomic E-state index is 9.89. The summed E-state index contributed by atoms with van der Waals surface area (Å²) < 4.78 is 0. The van der Waals surface area contributed by atoms with Gasteiger partial charge in [-0.15, -0.1) is 0 Å². The van der Waals surface area contributed by atoms with Gasteiger partial charge in [0.2, 0.25) is 0 Å². The summed E-state index contributed by atoms with van der Waals surface area (Å²) in [5, 5.41) is 9.89. The molecule has 1 N–H and O–H groups in total. The van der Waals surface area contributed by atoms with Crippen LogP contribution in [0.2, 0.25) is 0 Å². The van der Waals surface area contributed by atoms with Gasteiger partial charge < -0.3 is 5.11 Å². The molecule has 3 aliphatic carbocycles. The summed E-state index contributed by atoms with van der Waals surface area (Å²) in [6, 6.07) is 0. The largest absolute Gasteiger partial charge is 0.389 e. The lowest BCUT2D eigenvalue weighted by atomic mass is 9.59. The molecule has 0 aliphatic heterocycles. The molecule has 0 aromatic carbocycles. The van der Waals surface area contributed by atoms with Gasteiger partial charge in [0.1, 0.15) is 0 Å². The molecule has 1 nitrogen and oxygen atoms in total. The van der Waals surface area contributed by atoms with Crippen molar-refractivity contribution >= 4 is 0 Å². The fraction of sp³-hybridized carbons (Fsp3) is 0.867. The summed E-state index contributed by atoms with van der Waals surface area (Å²) in [4.78, 5) is 0. The van der Waals surface area contributed by atoms with Gasteiger partial charge in [-0.25, -0.2) is 0 Å². The van der Waals surface area contributed by atoms with Gasteiger partial charge in [0.15, 0.2) is 0 Å². The average molecular weight is 220 g/mol. The van der Waals surface area contributed by atoms with Crippen LogP contribution in [0, 0.1) is 28.6 Å². The number of fused-ring (bicyclic) bond motifs is 3. The van der Waals surface area contributed by atoms with Crippen LogP contribution in [-0.4, -0.2) is 11.2 Å². The van der Waals surface area contributed by atoms with E-state index in [1.807, 2.05) is 0 Å². The van der Waals surface area contributed by atoms with E-state index in [0.29, 0.717) is 16.7 Å². The minimum atomic E-state index is -0.184. The number of hydrogen-bond donors (Lipinski definition) is 1. The standard InChI is InChI=1S/C15H24O/c1-9-7-11(16)8-10-5-6-12-13(14(12,2)3)15(9,10)4/h8-9,11-13,16H,5-7H2,1-4H3. The van der Waals surface area contributed by atoms with E-state index in [1.165, 1.54) is 12.8 Å².